The Morgan fingerprint density at radius 2 is 1.64 bits per heavy atom. The van der Waals surface area contributed by atoms with Crippen LogP contribution in [0.3, 0.4) is 0 Å². The van der Waals surface area contributed by atoms with Crippen LogP contribution in [0.1, 0.15) is 12.8 Å². The summed E-state index contributed by atoms with van der Waals surface area (Å²) in [7, 11) is 8.78. The van der Waals surface area contributed by atoms with Crippen molar-refractivity contribution >= 4 is 28.3 Å². The highest BCUT2D eigenvalue weighted by Crippen LogP contribution is 2.31. The van der Waals surface area contributed by atoms with Crippen LogP contribution in [-0.4, -0.2) is 32.8 Å². The van der Waals surface area contributed by atoms with Gasteiger partial charge in [0.05, 0.1) is 5.47 Å². The molecule has 0 aliphatic heterocycles. The molecular weight excluding hydrogens is 171 g/mol. The Morgan fingerprint density at radius 1 is 1.18 bits per heavy atom. The van der Waals surface area contributed by atoms with E-state index in [9.17, 15) is 13.2 Å². The third-order valence-electron chi connectivity index (χ3n) is 1.21. The summed E-state index contributed by atoms with van der Waals surface area (Å²) in [6.45, 7) is 0. The second-order valence-corrected chi connectivity index (χ2v) is 2.75. The summed E-state index contributed by atoms with van der Waals surface area (Å²) in [5, 5.41) is 0. The molecule has 0 aliphatic carbocycles. The summed E-state index contributed by atoms with van der Waals surface area (Å²) in [6.07, 6.45) is -0.601. The summed E-state index contributed by atoms with van der Waals surface area (Å²) in [4.78, 5) is 0. The highest BCUT2D eigenvalue weighted by Gasteiger charge is 2.44. The molecule has 0 aromatic carbocycles. The largest absolute Gasteiger partial charge is 0.264 e. The number of hydrogen-bond donors (Lipinski definition) is 1. The van der Waals surface area contributed by atoms with Gasteiger partial charge in [0.25, 0.3) is 5.92 Å². The Hall–Kier alpha value is 0.270. The van der Waals surface area contributed by atoms with Crippen molar-refractivity contribution < 1.29 is 13.2 Å². The summed E-state index contributed by atoms with van der Waals surface area (Å²) in [5.41, 5.74) is -3.42. The first-order valence-corrected chi connectivity index (χ1v) is 3.70. The molecule has 0 bridgehead atoms. The minimum absolute atomic E-state index is 0.0795. The van der Waals surface area contributed by atoms with Gasteiger partial charge in [0.15, 0.2) is 0 Å². The third-order valence-corrected chi connectivity index (χ3v) is 1.53. The molecule has 0 atom stereocenters. The fourth-order valence-corrected chi connectivity index (χ4v) is 0.651. The monoisotopic (exact) mass is 178 g/mol. The maximum Gasteiger partial charge on any atom is 0.264 e. The lowest BCUT2D eigenvalue weighted by Crippen LogP contribution is -2.45. The Labute approximate surface area is 72.2 Å². The summed E-state index contributed by atoms with van der Waals surface area (Å²) < 4.78 is 37.2. The number of thiol groups is 1. The number of alkyl halides is 3. The maximum atomic E-state index is 12.5. The van der Waals surface area contributed by atoms with Crippen LogP contribution in [-0.2, 0) is 0 Å². The molecule has 0 aliphatic rings. The van der Waals surface area contributed by atoms with E-state index < -0.39 is 17.8 Å². The quantitative estimate of drug-likeness (QED) is 0.486. The van der Waals surface area contributed by atoms with Crippen molar-refractivity contribution in [2.75, 3.05) is 5.75 Å². The van der Waals surface area contributed by atoms with Crippen LogP contribution in [0, 0.1) is 0 Å². The molecule has 60 valence electrons. The lowest BCUT2D eigenvalue weighted by molar-refractivity contribution is -0.0660. The third kappa shape index (κ3) is 3.45. The molecule has 0 heterocycles. The maximum absolute atomic E-state index is 12.5. The van der Waals surface area contributed by atoms with Crippen molar-refractivity contribution in [3.05, 3.63) is 0 Å². The topological polar surface area (TPSA) is 0 Å². The molecule has 0 nitrogen and oxygen atoms in total. The van der Waals surface area contributed by atoms with Crippen molar-refractivity contribution in [3.8, 4) is 0 Å². The Kier molecular flexibility index (Phi) is 3.88. The van der Waals surface area contributed by atoms with Gasteiger partial charge in [0.2, 0.25) is 0 Å². The predicted octanol–water partition coefficient (Wildman–Crippen LogP) is 1.29. The number of rotatable bonds is 4. The van der Waals surface area contributed by atoms with E-state index in [-0.39, 0.29) is 12.2 Å². The minimum Gasteiger partial charge on any atom is -0.259 e. The zero-order valence-electron chi connectivity index (χ0n) is 5.86. The van der Waals surface area contributed by atoms with Crippen molar-refractivity contribution in [2.45, 2.75) is 24.2 Å². The average molecular weight is 178 g/mol. The summed E-state index contributed by atoms with van der Waals surface area (Å²) >= 11 is 3.69. The zero-order valence-corrected chi connectivity index (χ0v) is 6.75. The van der Waals surface area contributed by atoms with E-state index in [4.69, 9.17) is 0 Å². The molecule has 0 saturated heterocycles. The lowest BCUT2D eigenvalue weighted by Gasteiger charge is -2.27. The minimum atomic E-state index is -3.67. The van der Waals surface area contributed by atoms with Gasteiger partial charge in [0.1, 0.15) is 15.7 Å². The van der Waals surface area contributed by atoms with Crippen LogP contribution in [0.5, 0.6) is 0 Å². The number of hydrogen-bond acceptors (Lipinski definition) is 1. The average Bonchev–Trinajstić information content (AvgIpc) is 1.81. The van der Waals surface area contributed by atoms with Crippen LogP contribution in [0.4, 0.5) is 13.2 Å². The van der Waals surface area contributed by atoms with Crippen LogP contribution >= 0.6 is 12.6 Å². The van der Waals surface area contributed by atoms with Crippen molar-refractivity contribution in [3.63, 3.8) is 0 Å². The van der Waals surface area contributed by atoms with E-state index in [1.165, 1.54) is 0 Å². The number of halogens is 3. The van der Waals surface area contributed by atoms with Gasteiger partial charge in [-0.05, 0) is 12.2 Å². The summed E-state index contributed by atoms with van der Waals surface area (Å²) in [5.74, 6) is -3.42. The second-order valence-electron chi connectivity index (χ2n) is 2.30. The molecule has 0 spiro atoms. The van der Waals surface area contributed by atoms with Gasteiger partial charge in [-0.3, -0.25) is 4.39 Å². The van der Waals surface area contributed by atoms with Crippen LogP contribution in [0.15, 0.2) is 0 Å². The van der Waals surface area contributed by atoms with E-state index in [0.717, 1.165) is 0 Å². The van der Waals surface area contributed by atoms with Gasteiger partial charge < -0.3 is 0 Å². The van der Waals surface area contributed by atoms with Crippen LogP contribution in [0.25, 0.3) is 0 Å². The zero-order chi connectivity index (χ0) is 9.12. The molecule has 0 saturated carbocycles. The molecule has 6 heteroatoms. The van der Waals surface area contributed by atoms with Crippen molar-refractivity contribution in [1.29, 1.82) is 0 Å². The highest BCUT2D eigenvalue weighted by atomic mass is 32.1. The first kappa shape index (κ1) is 11.3. The lowest BCUT2D eigenvalue weighted by atomic mass is 9.62. The van der Waals surface area contributed by atoms with Gasteiger partial charge in [-0.1, -0.05) is 0 Å². The van der Waals surface area contributed by atoms with Crippen molar-refractivity contribution in [1.82, 2.24) is 0 Å². The van der Waals surface area contributed by atoms with E-state index >= 15 is 0 Å². The standard InChI is InChI=1S/C5H7B2F3S/c6-5(7,10)4(8,9)2-1-3-11/h11H,1-3H2. The van der Waals surface area contributed by atoms with Crippen molar-refractivity contribution in [2.24, 2.45) is 0 Å². The van der Waals surface area contributed by atoms with E-state index in [1.54, 1.807) is 0 Å². The van der Waals surface area contributed by atoms with E-state index in [2.05, 4.69) is 28.3 Å². The molecule has 0 rings (SSSR count). The Balaban J connectivity index is 4.00. The van der Waals surface area contributed by atoms with Gasteiger partial charge >= 0.3 is 0 Å². The van der Waals surface area contributed by atoms with Gasteiger partial charge in [-0.25, -0.2) is 8.78 Å². The van der Waals surface area contributed by atoms with Gasteiger partial charge in [-0.2, -0.15) is 12.6 Å². The van der Waals surface area contributed by atoms with Gasteiger partial charge in [-0.15, -0.1) is 0 Å². The van der Waals surface area contributed by atoms with Crippen LogP contribution < -0.4 is 0 Å². The van der Waals surface area contributed by atoms with Crippen LogP contribution in [0.2, 0.25) is 0 Å². The molecule has 0 unspecified atom stereocenters. The smallest absolute Gasteiger partial charge is 0.259 e. The normalized spacial score (nSPS) is 13.5. The molecule has 0 fully saturated rings. The molecule has 0 aromatic heterocycles. The molecule has 0 aromatic rings. The molecule has 0 amide bonds. The van der Waals surface area contributed by atoms with E-state index in [0.29, 0.717) is 0 Å². The Morgan fingerprint density at radius 3 is 1.91 bits per heavy atom. The first-order chi connectivity index (χ1) is 4.81. The predicted molar refractivity (Wildman–Crippen MR) is 43.4 cm³/mol. The summed E-state index contributed by atoms with van der Waals surface area (Å²) in [6, 6.07) is 0. The fourth-order valence-electron chi connectivity index (χ4n) is 0.493. The molecular formula is C5H7B2F3S. The highest BCUT2D eigenvalue weighted by molar-refractivity contribution is 7.80. The Bertz CT molecular complexity index is 123. The SMILES string of the molecule is [B]C([B])(F)C(F)(F)CCCS. The van der Waals surface area contributed by atoms with E-state index in [1.807, 2.05) is 0 Å². The second kappa shape index (κ2) is 3.78. The molecule has 4 radical (unpaired) electrons. The molecule has 11 heavy (non-hydrogen) atoms. The molecule has 0 N–H and O–H groups in total. The first-order valence-electron chi connectivity index (χ1n) is 3.06. The van der Waals surface area contributed by atoms with Gasteiger partial charge in [0, 0.05) is 6.42 Å². The fraction of sp³-hybridized carbons (Fsp3) is 1.00.